The molecule has 1 heterocycles. The summed E-state index contributed by atoms with van der Waals surface area (Å²) in [6, 6.07) is 8.20. The van der Waals surface area contributed by atoms with Crippen LogP contribution in [0.15, 0.2) is 33.8 Å². The standard InChI is InChI=1S/C20H27ClN4O/c1-14-18(15(2)26-25-14)8-5-11-23-19(22-3)24-13-20(9-10-20)16-6-4-7-17(21)12-16/h4,6-7,12H,5,8-11,13H2,1-3H3,(H2,22,23,24). The third-order valence-electron chi connectivity index (χ3n) is 5.19. The molecule has 0 unspecified atom stereocenters. The predicted molar refractivity (Wildman–Crippen MR) is 106 cm³/mol. The van der Waals surface area contributed by atoms with Crippen LogP contribution in [0.2, 0.25) is 5.02 Å². The minimum atomic E-state index is 0.194. The van der Waals surface area contributed by atoms with E-state index in [1.165, 1.54) is 24.0 Å². The number of nitrogens with one attached hydrogen (secondary N) is 2. The summed E-state index contributed by atoms with van der Waals surface area (Å²) in [7, 11) is 1.81. The van der Waals surface area contributed by atoms with E-state index in [2.05, 4.69) is 32.9 Å². The Hall–Kier alpha value is -2.01. The molecule has 1 aromatic heterocycles. The second kappa shape index (κ2) is 8.12. The highest BCUT2D eigenvalue weighted by Gasteiger charge is 2.44. The Kier molecular flexibility index (Phi) is 5.87. The fraction of sp³-hybridized carbons (Fsp3) is 0.500. The van der Waals surface area contributed by atoms with Gasteiger partial charge in [0.2, 0.25) is 0 Å². The van der Waals surface area contributed by atoms with Crippen LogP contribution in [-0.4, -0.2) is 31.3 Å². The Bertz CT molecular complexity index is 760. The van der Waals surface area contributed by atoms with Crippen LogP contribution in [0.5, 0.6) is 0 Å². The van der Waals surface area contributed by atoms with E-state index >= 15 is 0 Å². The molecule has 6 heteroatoms. The molecule has 1 aliphatic rings. The van der Waals surface area contributed by atoms with Crippen molar-refractivity contribution in [3.63, 3.8) is 0 Å². The van der Waals surface area contributed by atoms with Gasteiger partial charge in [0.05, 0.1) is 5.69 Å². The van der Waals surface area contributed by atoms with Crippen molar-refractivity contribution in [2.75, 3.05) is 20.1 Å². The van der Waals surface area contributed by atoms with Crippen molar-refractivity contribution in [1.82, 2.24) is 15.8 Å². The number of hydrogen-bond donors (Lipinski definition) is 2. The van der Waals surface area contributed by atoms with Crippen molar-refractivity contribution in [2.24, 2.45) is 4.99 Å². The van der Waals surface area contributed by atoms with Gasteiger partial charge in [0.1, 0.15) is 5.76 Å². The Morgan fingerprint density at radius 2 is 2.12 bits per heavy atom. The number of benzene rings is 1. The van der Waals surface area contributed by atoms with Crippen molar-refractivity contribution in [1.29, 1.82) is 0 Å². The quantitative estimate of drug-likeness (QED) is 0.440. The molecular formula is C20H27ClN4O. The number of hydrogen-bond acceptors (Lipinski definition) is 3. The zero-order valence-electron chi connectivity index (χ0n) is 15.7. The van der Waals surface area contributed by atoms with Gasteiger partial charge in [-0.1, -0.05) is 28.9 Å². The molecule has 2 N–H and O–H groups in total. The molecule has 0 bridgehead atoms. The van der Waals surface area contributed by atoms with Gasteiger partial charge in [0.15, 0.2) is 5.96 Å². The highest BCUT2D eigenvalue weighted by molar-refractivity contribution is 6.30. The number of aliphatic imine (C=N–C) groups is 1. The number of aromatic nitrogens is 1. The summed E-state index contributed by atoms with van der Waals surface area (Å²) >= 11 is 6.15. The zero-order valence-corrected chi connectivity index (χ0v) is 16.5. The average Bonchev–Trinajstić information content (AvgIpc) is 3.36. The van der Waals surface area contributed by atoms with Gasteiger partial charge in [0, 0.05) is 36.1 Å². The number of rotatable bonds is 7. The van der Waals surface area contributed by atoms with Gasteiger partial charge in [0.25, 0.3) is 0 Å². The van der Waals surface area contributed by atoms with Crippen LogP contribution in [0.4, 0.5) is 0 Å². The average molecular weight is 375 g/mol. The van der Waals surface area contributed by atoms with Crippen LogP contribution in [0.1, 0.15) is 41.8 Å². The van der Waals surface area contributed by atoms with E-state index in [1.807, 2.05) is 33.0 Å². The molecule has 5 nitrogen and oxygen atoms in total. The normalized spacial score (nSPS) is 15.8. The largest absolute Gasteiger partial charge is 0.361 e. The van der Waals surface area contributed by atoms with E-state index in [4.69, 9.17) is 16.1 Å². The van der Waals surface area contributed by atoms with E-state index < -0.39 is 0 Å². The summed E-state index contributed by atoms with van der Waals surface area (Å²) < 4.78 is 5.21. The van der Waals surface area contributed by atoms with Gasteiger partial charge in [-0.3, -0.25) is 4.99 Å². The first-order valence-electron chi connectivity index (χ1n) is 9.16. The summed E-state index contributed by atoms with van der Waals surface area (Å²) in [5, 5.41) is 11.7. The first-order valence-corrected chi connectivity index (χ1v) is 9.54. The molecule has 0 spiro atoms. The van der Waals surface area contributed by atoms with Crippen LogP contribution in [-0.2, 0) is 11.8 Å². The Balaban J connectivity index is 1.45. The van der Waals surface area contributed by atoms with Crippen molar-refractivity contribution in [2.45, 2.75) is 44.9 Å². The predicted octanol–water partition coefficient (Wildman–Crippen LogP) is 3.77. The van der Waals surface area contributed by atoms with Gasteiger partial charge >= 0.3 is 0 Å². The molecular weight excluding hydrogens is 348 g/mol. The fourth-order valence-electron chi connectivity index (χ4n) is 3.34. The first kappa shape index (κ1) is 18.8. The van der Waals surface area contributed by atoms with E-state index in [0.717, 1.165) is 48.4 Å². The lowest BCUT2D eigenvalue weighted by Gasteiger charge is -2.19. The molecule has 1 saturated carbocycles. The second-order valence-corrected chi connectivity index (χ2v) is 7.49. The highest BCUT2D eigenvalue weighted by Crippen LogP contribution is 2.48. The third-order valence-corrected chi connectivity index (χ3v) is 5.42. The first-order chi connectivity index (χ1) is 12.5. The summed E-state index contributed by atoms with van der Waals surface area (Å²) in [6.07, 6.45) is 4.33. The zero-order chi connectivity index (χ0) is 18.6. The molecule has 0 amide bonds. The minimum absolute atomic E-state index is 0.194. The summed E-state index contributed by atoms with van der Waals surface area (Å²) in [5.74, 6) is 1.76. The minimum Gasteiger partial charge on any atom is -0.361 e. The topological polar surface area (TPSA) is 62.5 Å². The molecule has 0 atom stereocenters. The fourth-order valence-corrected chi connectivity index (χ4v) is 3.53. The molecule has 1 fully saturated rings. The van der Waals surface area contributed by atoms with Gasteiger partial charge in [-0.25, -0.2) is 0 Å². The second-order valence-electron chi connectivity index (χ2n) is 7.05. The lowest BCUT2D eigenvalue weighted by molar-refractivity contribution is 0.392. The SMILES string of the molecule is CN=C(NCCCc1c(C)noc1C)NCC1(c2cccc(Cl)c2)CC1. The Morgan fingerprint density at radius 3 is 2.73 bits per heavy atom. The number of nitrogens with zero attached hydrogens (tertiary/aromatic N) is 2. The van der Waals surface area contributed by atoms with Crippen LogP contribution in [0, 0.1) is 13.8 Å². The third kappa shape index (κ3) is 4.39. The highest BCUT2D eigenvalue weighted by atomic mass is 35.5. The van der Waals surface area contributed by atoms with E-state index in [-0.39, 0.29) is 5.41 Å². The van der Waals surface area contributed by atoms with Gasteiger partial charge in [-0.05, 0) is 57.2 Å². The van der Waals surface area contributed by atoms with Gasteiger partial charge in [-0.2, -0.15) is 0 Å². The lowest BCUT2D eigenvalue weighted by Crippen LogP contribution is -2.41. The molecule has 140 valence electrons. The van der Waals surface area contributed by atoms with Crippen molar-refractivity contribution >= 4 is 17.6 Å². The van der Waals surface area contributed by atoms with Gasteiger partial charge in [-0.15, -0.1) is 0 Å². The molecule has 1 aromatic carbocycles. The molecule has 0 aliphatic heterocycles. The smallest absolute Gasteiger partial charge is 0.191 e. The van der Waals surface area contributed by atoms with E-state index in [1.54, 1.807) is 0 Å². The van der Waals surface area contributed by atoms with Crippen molar-refractivity contribution < 1.29 is 4.52 Å². The van der Waals surface area contributed by atoms with E-state index in [9.17, 15) is 0 Å². The summed E-state index contributed by atoms with van der Waals surface area (Å²) in [5.41, 5.74) is 3.71. The van der Waals surface area contributed by atoms with Crippen LogP contribution in [0.25, 0.3) is 0 Å². The van der Waals surface area contributed by atoms with Crippen LogP contribution < -0.4 is 10.6 Å². The van der Waals surface area contributed by atoms with E-state index in [0.29, 0.717) is 0 Å². The maximum Gasteiger partial charge on any atom is 0.191 e. The van der Waals surface area contributed by atoms with Crippen LogP contribution >= 0.6 is 11.6 Å². The maximum absolute atomic E-state index is 6.15. The molecule has 0 radical (unpaired) electrons. The lowest BCUT2D eigenvalue weighted by atomic mass is 9.96. The van der Waals surface area contributed by atoms with Gasteiger partial charge < -0.3 is 15.2 Å². The monoisotopic (exact) mass is 374 g/mol. The molecule has 3 rings (SSSR count). The summed E-state index contributed by atoms with van der Waals surface area (Å²) in [6.45, 7) is 5.68. The Morgan fingerprint density at radius 1 is 1.31 bits per heavy atom. The molecule has 2 aromatic rings. The molecule has 0 saturated heterocycles. The summed E-state index contributed by atoms with van der Waals surface area (Å²) in [4.78, 5) is 4.34. The molecule has 26 heavy (non-hydrogen) atoms. The van der Waals surface area contributed by atoms with Crippen LogP contribution in [0.3, 0.4) is 0 Å². The maximum atomic E-state index is 6.15. The Labute approximate surface area is 160 Å². The molecule has 1 aliphatic carbocycles. The van der Waals surface area contributed by atoms with Crippen molar-refractivity contribution in [3.05, 3.63) is 51.9 Å². The van der Waals surface area contributed by atoms with Crippen molar-refractivity contribution in [3.8, 4) is 0 Å². The number of halogens is 1. The number of aryl methyl sites for hydroxylation is 2. The number of guanidine groups is 1.